The summed E-state index contributed by atoms with van der Waals surface area (Å²) < 4.78 is 5.54. The molecular formula is C12H17N3OS. The van der Waals surface area contributed by atoms with Gasteiger partial charge in [0, 0.05) is 17.3 Å². The summed E-state index contributed by atoms with van der Waals surface area (Å²) in [6.45, 7) is 6.87. The molecule has 1 atom stereocenters. The molecule has 0 aliphatic carbocycles. The fourth-order valence-corrected chi connectivity index (χ4v) is 2.49. The van der Waals surface area contributed by atoms with Crippen molar-refractivity contribution in [3.05, 3.63) is 33.9 Å². The highest BCUT2D eigenvalue weighted by Gasteiger charge is 2.11. The van der Waals surface area contributed by atoms with Gasteiger partial charge in [-0.1, -0.05) is 6.92 Å². The molecule has 1 unspecified atom stereocenters. The van der Waals surface area contributed by atoms with Crippen LogP contribution in [0.2, 0.25) is 0 Å². The summed E-state index contributed by atoms with van der Waals surface area (Å²) in [5.74, 6) is 1.68. The van der Waals surface area contributed by atoms with Crippen molar-refractivity contribution in [2.75, 3.05) is 0 Å². The normalized spacial score (nSPS) is 12.9. The molecule has 2 heterocycles. The highest BCUT2D eigenvalue weighted by molar-refractivity contribution is 7.09. The number of hydrogen-bond donors (Lipinski definition) is 1. The Labute approximate surface area is 105 Å². The number of nitrogens with zero attached hydrogens (tertiary/aromatic N) is 2. The average molecular weight is 251 g/mol. The van der Waals surface area contributed by atoms with E-state index in [-0.39, 0.29) is 6.04 Å². The highest BCUT2D eigenvalue weighted by Crippen LogP contribution is 2.21. The molecule has 17 heavy (non-hydrogen) atoms. The molecule has 92 valence electrons. The van der Waals surface area contributed by atoms with Crippen LogP contribution in [0.5, 0.6) is 0 Å². The highest BCUT2D eigenvalue weighted by atomic mass is 32.1. The molecule has 2 rings (SSSR count). The number of aryl methyl sites for hydroxylation is 2. The quantitative estimate of drug-likeness (QED) is 0.887. The summed E-state index contributed by atoms with van der Waals surface area (Å²) in [4.78, 5) is 9.74. The van der Waals surface area contributed by atoms with Gasteiger partial charge in [0.2, 0.25) is 5.89 Å². The lowest BCUT2D eigenvalue weighted by Gasteiger charge is -2.10. The van der Waals surface area contributed by atoms with Crippen molar-refractivity contribution >= 4 is 11.3 Å². The maximum atomic E-state index is 5.54. The van der Waals surface area contributed by atoms with E-state index in [2.05, 4.69) is 29.1 Å². The van der Waals surface area contributed by atoms with E-state index in [4.69, 9.17) is 4.42 Å². The van der Waals surface area contributed by atoms with Crippen LogP contribution in [-0.2, 0) is 13.0 Å². The zero-order valence-corrected chi connectivity index (χ0v) is 11.2. The van der Waals surface area contributed by atoms with E-state index >= 15 is 0 Å². The number of thiazole rings is 1. The number of hydrogen-bond acceptors (Lipinski definition) is 5. The van der Waals surface area contributed by atoms with Gasteiger partial charge in [-0.15, -0.1) is 11.3 Å². The first-order chi connectivity index (χ1) is 8.20. The molecule has 0 amide bonds. The van der Waals surface area contributed by atoms with Crippen LogP contribution in [0.3, 0.4) is 0 Å². The van der Waals surface area contributed by atoms with E-state index in [0.29, 0.717) is 6.54 Å². The van der Waals surface area contributed by atoms with Gasteiger partial charge in [-0.2, -0.15) is 0 Å². The van der Waals surface area contributed by atoms with Crippen LogP contribution in [0.4, 0.5) is 0 Å². The van der Waals surface area contributed by atoms with E-state index in [9.17, 15) is 0 Å². The number of oxazole rings is 1. The van der Waals surface area contributed by atoms with Crippen LogP contribution in [0.25, 0.3) is 0 Å². The minimum Gasteiger partial charge on any atom is -0.444 e. The molecule has 0 saturated carbocycles. The summed E-state index contributed by atoms with van der Waals surface area (Å²) in [6, 6.07) is 0.277. The van der Waals surface area contributed by atoms with Gasteiger partial charge in [-0.25, -0.2) is 9.97 Å². The zero-order chi connectivity index (χ0) is 12.3. The van der Waals surface area contributed by atoms with E-state index in [0.717, 1.165) is 23.8 Å². The van der Waals surface area contributed by atoms with Crippen LogP contribution in [0, 0.1) is 6.92 Å². The summed E-state index contributed by atoms with van der Waals surface area (Å²) in [7, 11) is 0. The van der Waals surface area contributed by atoms with Crippen molar-refractivity contribution in [1.29, 1.82) is 0 Å². The summed E-state index contributed by atoms with van der Waals surface area (Å²) in [5.41, 5.74) is 2.97. The van der Waals surface area contributed by atoms with Gasteiger partial charge >= 0.3 is 0 Å². The van der Waals surface area contributed by atoms with Gasteiger partial charge in [0.25, 0.3) is 0 Å². The van der Waals surface area contributed by atoms with E-state index in [1.54, 1.807) is 17.5 Å². The molecule has 2 aromatic heterocycles. The molecule has 4 nitrogen and oxygen atoms in total. The second kappa shape index (κ2) is 5.42. The predicted molar refractivity (Wildman–Crippen MR) is 68.0 cm³/mol. The first-order valence-electron chi connectivity index (χ1n) is 5.77. The molecular weight excluding hydrogens is 234 g/mol. The summed E-state index contributed by atoms with van der Waals surface area (Å²) in [5, 5.41) is 3.39. The Morgan fingerprint density at radius 2 is 2.29 bits per heavy atom. The molecule has 0 radical (unpaired) electrons. The number of nitrogens with one attached hydrogen (secondary N) is 1. The maximum Gasteiger partial charge on any atom is 0.208 e. The Morgan fingerprint density at radius 3 is 2.88 bits per heavy atom. The Bertz CT molecular complexity index is 478. The third kappa shape index (κ3) is 2.92. The fraction of sp³-hybridized carbons (Fsp3) is 0.500. The van der Waals surface area contributed by atoms with Crippen molar-refractivity contribution in [2.45, 2.75) is 39.8 Å². The van der Waals surface area contributed by atoms with Crippen molar-refractivity contribution in [3.63, 3.8) is 0 Å². The Balaban J connectivity index is 1.92. The van der Waals surface area contributed by atoms with Crippen LogP contribution >= 0.6 is 11.3 Å². The topological polar surface area (TPSA) is 51.0 Å². The molecule has 1 N–H and O–H groups in total. The Hall–Kier alpha value is -1.20. The molecule has 0 fully saturated rings. The van der Waals surface area contributed by atoms with Crippen LogP contribution in [-0.4, -0.2) is 9.97 Å². The molecule has 0 aromatic carbocycles. The third-order valence-corrected chi connectivity index (χ3v) is 3.80. The molecule has 2 aromatic rings. The van der Waals surface area contributed by atoms with Crippen LogP contribution < -0.4 is 5.32 Å². The van der Waals surface area contributed by atoms with Crippen molar-refractivity contribution in [2.24, 2.45) is 0 Å². The monoisotopic (exact) mass is 251 g/mol. The number of aromatic nitrogens is 2. The first kappa shape index (κ1) is 12.3. The predicted octanol–water partition coefficient (Wildman–Crippen LogP) is 2.85. The van der Waals surface area contributed by atoms with Crippen LogP contribution in [0.15, 0.2) is 16.1 Å². The van der Waals surface area contributed by atoms with E-state index < -0.39 is 0 Å². The maximum absolute atomic E-state index is 5.54. The zero-order valence-electron chi connectivity index (χ0n) is 10.4. The average Bonchev–Trinajstić information content (AvgIpc) is 2.94. The summed E-state index contributed by atoms with van der Waals surface area (Å²) >= 11 is 1.68. The summed E-state index contributed by atoms with van der Waals surface area (Å²) in [6.07, 6.45) is 2.68. The van der Waals surface area contributed by atoms with Gasteiger partial charge in [0.1, 0.15) is 5.76 Å². The molecule has 0 bridgehead atoms. The minimum atomic E-state index is 0.277. The lowest BCUT2D eigenvalue weighted by atomic mass is 10.2. The molecule has 0 spiro atoms. The second-order valence-electron chi connectivity index (χ2n) is 3.98. The second-order valence-corrected chi connectivity index (χ2v) is 4.86. The third-order valence-electron chi connectivity index (χ3n) is 2.69. The Kier molecular flexibility index (Phi) is 3.91. The molecule has 0 aliphatic rings. The van der Waals surface area contributed by atoms with E-state index in [1.807, 2.05) is 12.4 Å². The number of rotatable bonds is 5. The van der Waals surface area contributed by atoms with Crippen LogP contribution in [0.1, 0.15) is 42.1 Å². The molecule has 5 heteroatoms. The van der Waals surface area contributed by atoms with Gasteiger partial charge < -0.3 is 9.73 Å². The minimum absolute atomic E-state index is 0.277. The van der Waals surface area contributed by atoms with Crippen molar-refractivity contribution < 1.29 is 4.42 Å². The van der Waals surface area contributed by atoms with E-state index in [1.165, 1.54) is 4.88 Å². The van der Waals surface area contributed by atoms with Crippen molar-refractivity contribution in [3.8, 4) is 0 Å². The van der Waals surface area contributed by atoms with Gasteiger partial charge in [0.15, 0.2) is 0 Å². The smallest absolute Gasteiger partial charge is 0.208 e. The Morgan fingerprint density at radius 1 is 1.47 bits per heavy atom. The lowest BCUT2D eigenvalue weighted by molar-refractivity contribution is 0.425. The SMILES string of the molecule is CCc1cnc(CNC(C)c2scnc2C)o1. The van der Waals surface area contributed by atoms with Gasteiger partial charge in [-0.3, -0.25) is 0 Å². The first-order valence-corrected chi connectivity index (χ1v) is 6.65. The standard InChI is InChI=1S/C12H17N3OS/c1-4-10-5-14-11(16-10)6-13-8(2)12-9(3)15-7-17-12/h5,7-8,13H,4,6H2,1-3H3. The van der Waals surface area contributed by atoms with Gasteiger partial charge in [-0.05, 0) is 13.8 Å². The fourth-order valence-electron chi connectivity index (χ4n) is 1.65. The van der Waals surface area contributed by atoms with Crippen molar-refractivity contribution in [1.82, 2.24) is 15.3 Å². The molecule has 0 aliphatic heterocycles. The largest absolute Gasteiger partial charge is 0.444 e. The molecule has 0 saturated heterocycles. The lowest BCUT2D eigenvalue weighted by Crippen LogP contribution is -2.18. The van der Waals surface area contributed by atoms with Gasteiger partial charge in [0.05, 0.1) is 23.9 Å².